The smallest absolute Gasteiger partial charge is 0.330 e. The Morgan fingerprint density at radius 3 is 2.71 bits per heavy atom. The maximum absolute atomic E-state index is 14.3. The van der Waals surface area contributed by atoms with Crippen LogP contribution >= 0.6 is 0 Å². The second-order valence-corrected chi connectivity index (χ2v) is 4.94. The number of halogens is 1. The van der Waals surface area contributed by atoms with Crippen LogP contribution in [-0.4, -0.2) is 49.0 Å². The summed E-state index contributed by atoms with van der Waals surface area (Å²) < 4.78 is 19.9. The summed E-state index contributed by atoms with van der Waals surface area (Å²) in [5.41, 5.74) is -4.10. The molecule has 9 heteroatoms. The summed E-state index contributed by atoms with van der Waals surface area (Å²) in [6.07, 6.45) is -2.89. The van der Waals surface area contributed by atoms with Crippen molar-refractivity contribution < 1.29 is 24.4 Å². The summed E-state index contributed by atoms with van der Waals surface area (Å²) in [5, 5.41) is 29.5. The number of aromatic amines is 1. The molecule has 0 unspecified atom stereocenters. The van der Waals surface area contributed by atoms with Gasteiger partial charge in [0.15, 0.2) is 17.9 Å². The molecule has 1 aromatic heterocycles. The van der Waals surface area contributed by atoms with Crippen LogP contribution in [0.4, 0.5) is 4.39 Å². The number of H-pyrrole nitrogens is 1. The van der Waals surface area contributed by atoms with Gasteiger partial charge in [-0.3, -0.25) is 14.3 Å². The van der Waals surface area contributed by atoms with Gasteiger partial charge in [-0.05, 0) is 12.5 Å². The molecule has 2 rings (SSSR count). The van der Waals surface area contributed by atoms with E-state index in [0.717, 1.165) is 12.3 Å². The fourth-order valence-electron chi connectivity index (χ4n) is 2.25. The predicted octanol–water partition coefficient (Wildman–Crippen LogP) is -1.61. The number of aliphatic hydroxyl groups is 3. The third-order valence-electron chi connectivity index (χ3n) is 3.51. The third kappa shape index (κ3) is 2.14. The molecule has 21 heavy (non-hydrogen) atoms. The normalized spacial score (nSPS) is 35.9. The van der Waals surface area contributed by atoms with Gasteiger partial charge in [0, 0.05) is 12.3 Å². The van der Waals surface area contributed by atoms with Gasteiger partial charge in [-0.2, -0.15) is 0 Å². The summed E-state index contributed by atoms with van der Waals surface area (Å²) in [6.45, 7) is 3.52. The van der Waals surface area contributed by atoms with Crippen molar-refractivity contribution in [3.05, 3.63) is 45.3 Å². The van der Waals surface area contributed by atoms with Crippen molar-refractivity contribution in [3.63, 3.8) is 0 Å². The molecule has 0 spiro atoms. The Bertz CT molecular complexity index is 685. The Hall–Kier alpha value is -1.81. The standard InChI is InChI=1S/C12H15FN2O6/c1-6(2)12(20)8(18)11(13,5-16)21-9(12)15-4-3-7(17)14-10(15)19/h3-4,8-9,16,18,20H,1,5H2,2H3,(H,14,17,19)/t8-,9-,11-,12-/m1/s1. The van der Waals surface area contributed by atoms with E-state index in [9.17, 15) is 24.2 Å². The zero-order valence-electron chi connectivity index (χ0n) is 11.1. The minimum atomic E-state index is -2.98. The topological polar surface area (TPSA) is 125 Å². The molecule has 4 N–H and O–H groups in total. The van der Waals surface area contributed by atoms with Gasteiger partial charge < -0.3 is 20.1 Å². The molecule has 0 aromatic carbocycles. The van der Waals surface area contributed by atoms with Crippen molar-refractivity contribution >= 4 is 0 Å². The molecule has 0 amide bonds. The highest BCUT2D eigenvalue weighted by molar-refractivity contribution is 5.22. The van der Waals surface area contributed by atoms with Crippen LogP contribution < -0.4 is 11.2 Å². The highest BCUT2D eigenvalue weighted by Gasteiger charge is 2.65. The molecule has 1 saturated heterocycles. The lowest BCUT2D eigenvalue weighted by molar-refractivity contribution is -0.207. The number of rotatable bonds is 3. The van der Waals surface area contributed by atoms with Crippen LogP contribution in [0.25, 0.3) is 0 Å². The molecule has 0 bridgehead atoms. The number of nitrogens with one attached hydrogen (secondary N) is 1. The van der Waals surface area contributed by atoms with E-state index in [1.165, 1.54) is 6.92 Å². The molecule has 2 heterocycles. The van der Waals surface area contributed by atoms with Crippen LogP contribution in [0, 0.1) is 0 Å². The first kappa shape index (κ1) is 15.6. The van der Waals surface area contributed by atoms with Gasteiger partial charge in [0.2, 0.25) is 0 Å². The van der Waals surface area contributed by atoms with Crippen LogP contribution in [0.5, 0.6) is 0 Å². The highest BCUT2D eigenvalue weighted by Crippen LogP contribution is 2.47. The van der Waals surface area contributed by atoms with Gasteiger partial charge in [-0.1, -0.05) is 6.58 Å². The van der Waals surface area contributed by atoms with E-state index in [-0.39, 0.29) is 5.57 Å². The summed E-state index contributed by atoms with van der Waals surface area (Å²) >= 11 is 0. The molecular formula is C12H15FN2O6. The zero-order valence-corrected chi connectivity index (χ0v) is 11.1. The lowest BCUT2D eigenvalue weighted by Gasteiger charge is -2.32. The molecule has 0 saturated carbocycles. The molecule has 8 nitrogen and oxygen atoms in total. The van der Waals surface area contributed by atoms with Gasteiger partial charge in [0.1, 0.15) is 6.61 Å². The number of hydrogen-bond acceptors (Lipinski definition) is 6. The van der Waals surface area contributed by atoms with Gasteiger partial charge in [0.25, 0.3) is 11.4 Å². The number of aliphatic hydroxyl groups excluding tert-OH is 2. The SMILES string of the molecule is C=C(C)[C@]1(O)[C@H](n2ccc(=O)[nH]c2=O)O[C@](F)(CO)[C@H]1O. The van der Waals surface area contributed by atoms with E-state index >= 15 is 0 Å². The van der Waals surface area contributed by atoms with Crippen LogP contribution in [0.1, 0.15) is 13.2 Å². The number of hydrogen-bond donors (Lipinski definition) is 4. The maximum atomic E-state index is 14.3. The summed E-state index contributed by atoms with van der Waals surface area (Å²) in [6, 6.07) is 0.965. The fraction of sp³-hybridized carbons (Fsp3) is 0.500. The monoisotopic (exact) mass is 302 g/mol. The van der Waals surface area contributed by atoms with E-state index in [4.69, 9.17) is 9.84 Å². The molecule has 0 radical (unpaired) electrons. The largest absolute Gasteiger partial charge is 0.390 e. The Kier molecular flexibility index (Phi) is 3.62. The minimum Gasteiger partial charge on any atom is -0.390 e. The van der Waals surface area contributed by atoms with Crippen LogP contribution in [0.15, 0.2) is 34.0 Å². The Morgan fingerprint density at radius 1 is 1.62 bits per heavy atom. The fourth-order valence-corrected chi connectivity index (χ4v) is 2.25. The molecule has 4 atom stereocenters. The van der Waals surface area contributed by atoms with Crippen LogP contribution in [-0.2, 0) is 4.74 Å². The number of alkyl halides is 1. The average molecular weight is 302 g/mol. The zero-order chi connectivity index (χ0) is 16.0. The van der Waals surface area contributed by atoms with E-state index in [1.807, 2.05) is 4.98 Å². The first-order valence-electron chi connectivity index (χ1n) is 6.02. The van der Waals surface area contributed by atoms with Crippen molar-refractivity contribution in [2.45, 2.75) is 30.7 Å². The van der Waals surface area contributed by atoms with Gasteiger partial charge in [-0.15, -0.1) is 0 Å². The quantitative estimate of drug-likeness (QED) is 0.498. The van der Waals surface area contributed by atoms with Gasteiger partial charge in [0.05, 0.1) is 0 Å². The third-order valence-corrected chi connectivity index (χ3v) is 3.51. The van der Waals surface area contributed by atoms with E-state index in [0.29, 0.717) is 4.57 Å². The molecule has 1 fully saturated rings. The van der Waals surface area contributed by atoms with E-state index in [1.54, 1.807) is 0 Å². The van der Waals surface area contributed by atoms with Crippen molar-refractivity contribution in [2.24, 2.45) is 0 Å². The van der Waals surface area contributed by atoms with Crippen molar-refractivity contribution in [2.75, 3.05) is 6.61 Å². The number of aromatic nitrogens is 2. The lowest BCUT2D eigenvalue weighted by Crippen LogP contribution is -2.52. The second kappa shape index (κ2) is 4.88. The predicted molar refractivity (Wildman–Crippen MR) is 68.1 cm³/mol. The summed E-state index contributed by atoms with van der Waals surface area (Å²) in [4.78, 5) is 24.7. The molecule has 1 aromatic rings. The first-order chi connectivity index (χ1) is 9.66. The lowest BCUT2D eigenvalue weighted by atomic mass is 9.87. The second-order valence-electron chi connectivity index (χ2n) is 4.94. The molecular weight excluding hydrogens is 287 g/mol. The number of nitrogens with zero attached hydrogens (tertiary/aromatic N) is 1. The number of ether oxygens (including phenoxy) is 1. The van der Waals surface area contributed by atoms with E-state index in [2.05, 4.69) is 6.58 Å². The highest BCUT2D eigenvalue weighted by atomic mass is 19.2. The Morgan fingerprint density at radius 2 is 2.24 bits per heavy atom. The van der Waals surface area contributed by atoms with Crippen molar-refractivity contribution in [3.8, 4) is 0 Å². The maximum Gasteiger partial charge on any atom is 0.330 e. The van der Waals surface area contributed by atoms with Gasteiger partial charge in [-0.25, -0.2) is 9.18 Å². The first-order valence-corrected chi connectivity index (χ1v) is 6.02. The van der Waals surface area contributed by atoms with Crippen molar-refractivity contribution in [1.82, 2.24) is 9.55 Å². The summed E-state index contributed by atoms with van der Waals surface area (Å²) in [7, 11) is 0. The van der Waals surface area contributed by atoms with E-state index < -0.39 is 41.6 Å². The average Bonchev–Trinajstić information content (AvgIpc) is 2.62. The molecule has 0 aliphatic carbocycles. The Labute approximate surface area is 117 Å². The summed E-state index contributed by atoms with van der Waals surface area (Å²) in [5.74, 6) is -2.98. The Balaban J connectivity index is 2.63. The minimum absolute atomic E-state index is 0.0777. The molecule has 1 aliphatic heterocycles. The molecule has 1 aliphatic rings. The van der Waals surface area contributed by atoms with Gasteiger partial charge >= 0.3 is 5.69 Å². The van der Waals surface area contributed by atoms with Crippen LogP contribution in [0.2, 0.25) is 0 Å². The van der Waals surface area contributed by atoms with Crippen molar-refractivity contribution in [1.29, 1.82) is 0 Å². The van der Waals surface area contributed by atoms with Crippen LogP contribution in [0.3, 0.4) is 0 Å². The molecule has 116 valence electrons.